The molecule has 0 saturated carbocycles. The lowest BCUT2D eigenvalue weighted by molar-refractivity contribution is -0.142. The molecule has 1 unspecified atom stereocenters. The zero-order chi connectivity index (χ0) is 41.1. The van der Waals surface area contributed by atoms with Crippen molar-refractivity contribution in [2.75, 3.05) is 42.5 Å². The molecule has 308 valence electrons. The van der Waals surface area contributed by atoms with E-state index in [0.29, 0.717) is 12.8 Å². The molecule has 8 atom stereocenters. The highest BCUT2D eigenvalue weighted by Crippen LogP contribution is 2.21. The standard InChI is InChI=1S/C33H58N8O10S3/c1-7-19(4)27(40-26(43)14-34)31(47)39-24(16-53-17-35-20(5)42)32(48)41-11-8-9-25(41)30(46)37-22(13-18(2)3)28(44)38-23(15-52)29(45)36-21(33(49)50)10-12-54(6)51/h18-19,21-25,27,52H,7-17,34H2,1-6H3,(H,35,42)(H,36,45)(H,37,46)(H,38,44)(H,39,47)(H,40,43)(H,49,50)/t19-,21-,22-,23-,24-,25-,27-,54?/m0/s1. The molecule has 1 aliphatic heterocycles. The molecule has 18 nitrogen and oxygen atoms in total. The summed E-state index contributed by atoms with van der Waals surface area (Å²) in [7, 11) is -1.30. The van der Waals surface area contributed by atoms with Gasteiger partial charge >= 0.3 is 5.97 Å². The second-order valence-corrected chi connectivity index (χ2v) is 16.5. The number of hydrogen-bond acceptors (Lipinski definition) is 12. The molecular formula is C33H58N8O10S3. The number of carbonyl (C=O) groups is 8. The van der Waals surface area contributed by atoms with Crippen LogP contribution in [-0.2, 0) is 49.2 Å². The van der Waals surface area contributed by atoms with E-state index in [0.717, 1.165) is 0 Å². The van der Waals surface area contributed by atoms with Crippen LogP contribution in [0, 0.1) is 11.8 Å². The van der Waals surface area contributed by atoms with E-state index in [1.54, 1.807) is 6.92 Å². The lowest BCUT2D eigenvalue weighted by Crippen LogP contribution is -2.60. The van der Waals surface area contributed by atoms with Gasteiger partial charge in [-0.25, -0.2) is 4.79 Å². The molecule has 0 bridgehead atoms. The Morgan fingerprint density at radius 3 is 2.07 bits per heavy atom. The quantitative estimate of drug-likeness (QED) is 0.0293. The third-order valence-corrected chi connectivity index (χ3v) is 10.7. The van der Waals surface area contributed by atoms with Gasteiger partial charge in [0, 0.05) is 47.8 Å². The number of carboxylic acids is 1. The average molecular weight is 823 g/mol. The van der Waals surface area contributed by atoms with E-state index in [1.165, 1.54) is 29.8 Å². The van der Waals surface area contributed by atoms with Crippen molar-refractivity contribution >= 4 is 82.5 Å². The first-order valence-electron chi connectivity index (χ1n) is 17.8. The third kappa shape index (κ3) is 16.9. The summed E-state index contributed by atoms with van der Waals surface area (Å²) in [5, 5.41) is 25.1. The van der Waals surface area contributed by atoms with Crippen molar-refractivity contribution in [3.8, 4) is 0 Å². The fourth-order valence-electron chi connectivity index (χ4n) is 5.45. The summed E-state index contributed by atoms with van der Waals surface area (Å²) in [5.41, 5.74) is 5.46. The predicted molar refractivity (Wildman–Crippen MR) is 209 cm³/mol. The fraction of sp³-hybridized carbons (Fsp3) is 0.758. The van der Waals surface area contributed by atoms with Gasteiger partial charge in [-0.05, 0) is 37.5 Å². The van der Waals surface area contributed by atoms with E-state index in [9.17, 15) is 47.7 Å². The van der Waals surface area contributed by atoms with Gasteiger partial charge in [0.15, 0.2) is 0 Å². The normalized spacial score (nSPS) is 17.9. The first kappa shape index (κ1) is 48.6. The molecule has 0 radical (unpaired) electrons. The SMILES string of the molecule is CC[C@H](C)[C@H](NC(=O)CN)C(=O)N[C@@H](CSCNC(C)=O)C(=O)N1CCC[C@H]1C(=O)N[C@@H](CC(C)C)C(=O)N[C@@H](CS)C(=O)N[C@@H](CCS(C)=O)C(=O)O. The Labute approximate surface area is 329 Å². The molecule has 1 fully saturated rings. The monoisotopic (exact) mass is 822 g/mol. The Bertz CT molecular complexity index is 1360. The lowest BCUT2D eigenvalue weighted by atomic mass is 9.98. The smallest absolute Gasteiger partial charge is 0.326 e. The van der Waals surface area contributed by atoms with Crippen molar-refractivity contribution in [2.45, 2.75) is 103 Å². The van der Waals surface area contributed by atoms with E-state index >= 15 is 0 Å². The number of carbonyl (C=O) groups excluding carboxylic acids is 7. The van der Waals surface area contributed by atoms with Gasteiger partial charge in [-0.15, -0.1) is 11.8 Å². The first-order valence-corrected chi connectivity index (χ1v) is 21.3. The number of likely N-dealkylation sites (tertiary alicyclic amines) is 1. The molecule has 1 heterocycles. The van der Waals surface area contributed by atoms with E-state index in [1.807, 2.05) is 20.8 Å². The lowest BCUT2D eigenvalue weighted by Gasteiger charge is -2.31. The zero-order valence-corrected chi connectivity index (χ0v) is 34.3. The van der Waals surface area contributed by atoms with Crippen LogP contribution < -0.4 is 37.6 Å². The Kier molecular flexibility index (Phi) is 22.4. The molecule has 0 aliphatic carbocycles. The van der Waals surface area contributed by atoms with Crippen molar-refractivity contribution in [2.24, 2.45) is 17.6 Å². The van der Waals surface area contributed by atoms with Gasteiger partial charge in [-0.1, -0.05) is 34.1 Å². The highest BCUT2D eigenvalue weighted by molar-refractivity contribution is 7.99. The van der Waals surface area contributed by atoms with Crippen LogP contribution in [0.4, 0.5) is 0 Å². The van der Waals surface area contributed by atoms with Gasteiger partial charge < -0.3 is 47.6 Å². The number of nitrogens with two attached hydrogens (primary N) is 1. The summed E-state index contributed by atoms with van der Waals surface area (Å²) in [5.74, 6) is -5.93. The van der Waals surface area contributed by atoms with Gasteiger partial charge in [-0.3, -0.25) is 37.8 Å². The Morgan fingerprint density at radius 1 is 0.926 bits per heavy atom. The molecular weight excluding hydrogens is 765 g/mol. The Balaban J connectivity index is 3.23. The number of aliphatic carboxylic acids is 1. The van der Waals surface area contributed by atoms with Gasteiger partial charge in [-0.2, -0.15) is 12.6 Å². The van der Waals surface area contributed by atoms with Crippen LogP contribution in [0.1, 0.15) is 66.7 Å². The van der Waals surface area contributed by atoms with E-state index in [2.05, 4.69) is 44.5 Å². The highest BCUT2D eigenvalue weighted by Gasteiger charge is 2.40. The number of nitrogens with zero attached hydrogens (tertiary/aromatic N) is 1. The molecule has 7 amide bonds. The first-order chi connectivity index (χ1) is 25.4. The molecule has 0 aromatic carbocycles. The Hall–Kier alpha value is -3.43. The largest absolute Gasteiger partial charge is 0.480 e. The number of thiol groups is 1. The number of amides is 7. The van der Waals surface area contributed by atoms with Crippen molar-refractivity contribution < 1.29 is 47.7 Å². The molecule has 9 N–H and O–H groups in total. The number of hydrogen-bond donors (Lipinski definition) is 9. The van der Waals surface area contributed by atoms with Crippen molar-refractivity contribution in [3.05, 3.63) is 0 Å². The summed E-state index contributed by atoms with van der Waals surface area (Å²) in [6.45, 7) is 8.43. The number of thioether (sulfide) groups is 1. The van der Waals surface area contributed by atoms with Gasteiger partial charge in [0.2, 0.25) is 41.4 Å². The summed E-state index contributed by atoms with van der Waals surface area (Å²) >= 11 is 5.33. The molecule has 1 saturated heterocycles. The molecule has 0 spiro atoms. The van der Waals surface area contributed by atoms with Crippen LogP contribution in [0.3, 0.4) is 0 Å². The summed E-state index contributed by atoms with van der Waals surface area (Å²) < 4.78 is 11.5. The van der Waals surface area contributed by atoms with E-state index < -0.39 is 88.5 Å². The van der Waals surface area contributed by atoms with Gasteiger partial charge in [0.1, 0.15) is 36.3 Å². The molecule has 0 aromatic heterocycles. The zero-order valence-electron chi connectivity index (χ0n) is 31.8. The maximum atomic E-state index is 14.1. The summed E-state index contributed by atoms with van der Waals surface area (Å²) in [6.07, 6.45) is 2.71. The maximum absolute atomic E-state index is 14.1. The minimum Gasteiger partial charge on any atom is -0.480 e. The number of nitrogens with one attached hydrogen (secondary N) is 6. The Morgan fingerprint density at radius 2 is 1.54 bits per heavy atom. The fourth-order valence-corrected chi connectivity index (χ4v) is 7.16. The van der Waals surface area contributed by atoms with Crippen molar-refractivity contribution in [3.63, 3.8) is 0 Å². The second kappa shape index (κ2) is 24.9. The minimum absolute atomic E-state index is 0.0261. The molecule has 0 aromatic rings. The van der Waals surface area contributed by atoms with Gasteiger partial charge in [0.05, 0.1) is 12.4 Å². The average Bonchev–Trinajstić information content (AvgIpc) is 3.61. The van der Waals surface area contributed by atoms with E-state index in [-0.39, 0.29) is 73.2 Å². The molecule has 54 heavy (non-hydrogen) atoms. The third-order valence-electron chi connectivity index (χ3n) is 8.62. The predicted octanol–water partition coefficient (Wildman–Crippen LogP) is -1.94. The van der Waals surface area contributed by atoms with Crippen LogP contribution in [-0.4, -0.2) is 140 Å². The molecule has 1 rings (SSSR count). The van der Waals surface area contributed by atoms with Gasteiger partial charge in [0.25, 0.3) is 0 Å². The summed E-state index contributed by atoms with van der Waals surface area (Å²) in [4.78, 5) is 104. The molecule has 21 heteroatoms. The highest BCUT2D eigenvalue weighted by atomic mass is 32.2. The van der Waals surface area contributed by atoms with Crippen molar-refractivity contribution in [1.82, 2.24) is 36.8 Å². The topological polar surface area (TPSA) is 275 Å². The number of rotatable bonds is 24. The van der Waals surface area contributed by atoms with Crippen molar-refractivity contribution in [1.29, 1.82) is 0 Å². The number of carboxylic acid groups (broad SMARTS) is 1. The maximum Gasteiger partial charge on any atom is 0.326 e. The second-order valence-electron chi connectivity index (χ2n) is 13.5. The van der Waals surface area contributed by atoms with Crippen LogP contribution in [0.2, 0.25) is 0 Å². The minimum atomic E-state index is -1.35. The van der Waals surface area contributed by atoms with E-state index in [4.69, 9.17) is 5.73 Å². The van der Waals surface area contributed by atoms with Crippen LogP contribution in [0.15, 0.2) is 0 Å². The summed E-state index contributed by atoms with van der Waals surface area (Å²) in [6, 6.07) is -6.90. The van der Waals surface area contributed by atoms with Crippen LogP contribution in [0.25, 0.3) is 0 Å². The van der Waals surface area contributed by atoms with Crippen LogP contribution >= 0.6 is 24.4 Å². The van der Waals surface area contributed by atoms with Crippen LogP contribution in [0.5, 0.6) is 0 Å². The molecule has 1 aliphatic rings.